The number of anilines is 1. The topological polar surface area (TPSA) is 38.1 Å². The van der Waals surface area contributed by atoms with E-state index in [1.165, 1.54) is 15.3 Å². The lowest BCUT2D eigenvalue weighted by Crippen LogP contribution is -1.99. The van der Waals surface area contributed by atoms with Crippen molar-refractivity contribution in [2.75, 3.05) is 5.32 Å². The average molecular weight is 286 g/mol. The molecule has 0 amide bonds. The SMILES string of the molecule is CCc1nc2cc(NCc3cc(C)sc3C)ccc2o1. The molecule has 0 bridgehead atoms. The number of benzene rings is 1. The number of aromatic nitrogens is 1. The molecule has 3 nitrogen and oxygen atoms in total. The molecule has 0 radical (unpaired) electrons. The minimum atomic E-state index is 0.793. The number of thiophene rings is 1. The van der Waals surface area contributed by atoms with Gasteiger partial charge in [0.2, 0.25) is 0 Å². The van der Waals surface area contributed by atoms with Crippen LogP contribution in [0.5, 0.6) is 0 Å². The van der Waals surface area contributed by atoms with E-state index < -0.39 is 0 Å². The first-order chi connectivity index (χ1) is 9.65. The van der Waals surface area contributed by atoms with E-state index in [0.29, 0.717) is 0 Å². The number of aryl methyl sites for hydroxylation is 3. The standard InChI is InChI=1S/C16H18N2OS/c1-4-16-18-14-8-13(5-6-15(14)19-16)17-9-12-7-10(2)20-11(12)3/h5-8,17H,4,9H2,1-3H3. The van der Waals surface area contributed by atoms with Crippen molar-refractivity contribution in [1.29, 1.82) is 0 Å². The summed E-state index contributed by atoms with van der Waals surface area (Å²) in [4.78, 5) is 7.20. The molecule has 4 heteroatoms. The van der Waals surface area contributed by atoms with Crippen LogP contribution in [0.25, 0.3) is 11.1 Å². The Balaban J connectivity index is 1.78. The van der Waals surface area contributed by atoms with Gasteiger partial charge in [-0.15, -0.1) is 11.3 Å². The second kappa shape index (κ2) is 5.29. The predicted molar refractivity (Wildman–Crippen MR) is 84.5 cm³/mol. The van der Waals surface area contributed by atoms with E-state index in [-0.39, 0.29) is 0 Å². The molecule has 0 atom stereocenters. The summed E-state index contributed by atoms with van der Waals surface area (Å²) in [6.07, 6.45) is 0.824. The summed E-state index contributed by atoms with van der Waals surface area (Å²) in [6.45, 7) is 7.21. The lowest BCUT2D eigenvalue weighted by atomic mass is 10.2. The highest BCUT2D eigenvalue weighted by Gasteiger charge is 2.06. The maximum atomic E-state index is 5.62. The fourth-order valence-electron chi connectivity index (χ4n) is 2.29. The Bertz CT molecular complexity index is 742. The molecule has 0 spiro atoms. The highest BCUT2D eigenvalue weighted by Crippen LogP contribution is 2.23. The fourth-order valence-corrected chi connectivity index (χ4v) is 3.24. The van der Waals surface area contributed by atoms with Crippen molar-refractivity contribution in [3.8, 4) is 0 Å². The van der Waals surface area contributed by atoms with E-state index in [0.717, 1.165) is 35.6 Å². The van der Waals surface area contributed by atoms with Gasteiger partial charge in [0.1, 0.15) is 5.52 Å². The van der Waals surface area contributed by atoms with Crippen LogP contribution in [0.1, 0.15) is 28.1 Å². The molecular formula is C16H18N2OS. The van der Waals surface area contributed by atoms with Crippen molar-refractivity contribution in [2.45, 2.75) is 33.7 Å². The summed E-state index contributed by atoms with van der Waals surface area (Å²) in [5, 5.41) is 3.46. The molecule has 0 aliphatic carbocycles. The molecule has 1 N–H and O–H groups in total. The number of hydrogen-bond donors (Lipinski definition) is 1. The van der Waals surface area contributed by atoms with Gasteiger partial charge in [0, 0.05) is 28.4 Å². The van der Waals surface area contributed by atoms with E-state index in [1.807, 2.05) is 36.5 Å². The third kappa shape index (κ3) is 2.56. The Kier molecular flexibility index (Phi) is 3.49. The number of nitrogens with zero attached hydrogens (tertiary/aromatic N) is 1. The smallest absolute Gasteiger partial charge is 0.195 e. The van der Waals surface area contributed by atoms with Gasteiger partial charge in [-0.2, -0.15) is 0 Å². The number of fused-ring (bicyclic) bond motifs is 1. The Morgan fingerprint density at radius 1 is 1.25 bits per heavy atom. The summed E-state index contributed by atoms with van der Waals surface area (Å²) in [5.41, 5.74) is 4.22. The van der Waals surface area contributed by atoms with E-state index in [1.54, 1.807) is 0 Å². The van der Waals surface area contributed by atoms with Crippen LogP contribution in [0, 0.1) is 13.8 Å². The summed E-state index contributed by atoms with van der Waals surface area (Å²) in [6, 6.07) is 8.32. The molecule has 3 aromatic rings. The summed E-state index contributed by atoms with van der Waals surface area (Å²) in [7, 11) is 0. The normalized spacial score (nSPS) is 11.2. The van der Waals surface area contributed by atoms with Crippen molar-refractivity contribution in [1.82, 2.24) is 4.98 Å². The first kappa shape index (κ1) is 13.2. The van der Waals surface area contributed by atoms with Gasteiger partial charge >= 0.3 is 0 Å². The van der Waals surface area contributed by atoms with Crippen LogP contribution in [0.15, 0.2) is 28.7 Å². The Labute approximate surface area is 122 Å². The van der Waals surface area contributed by atoms with Crippen molar-refractivity contribution < 1.29 is 4.42 Å². The summed E-state index contributed by atoms with van der Waals surface area (Å²) in [5.74, 6) is 0.793. The van der Waals surface area contributed by atoms with Gasteiger partial charge < -0.3 is 9.73 Å². The molecule has 20 heavy (non-hydrogen) atoms. The van der Waals surface area contributed by atoms with Gasteiger partial charge in [0.05, 0.1) is 0 Å². The van der Waals surface area contributed by atoms with Gasteiger partial charge in [0.15, 0.2) is 11.5 Å². The second-order valence-electron chi connectivity index (χ2n) is 4.94. The van der Waals surface area contributed by atoms with Gasteiger partial charge in [0.25, 0.3) is 0 Å². The van der Waals surface area contributed by atoms with E-state index in [2.05, 4.69) is 30.2 Å². The predicted octanol–water partition coefficient (Wildman–Crippen LogP) is 4.68. The zero-order valence-corrected chi connectivity index (χ0v) is 12.8. The molecule has 3 rings (SSSR count). The molecule has 0 unspecified atom stereocenters. The fraction of sp³-hybridized carbons (Fsp3) is 0.312. The van der Waals surface area contributed by atoms with Crippen molar-refractivity contribution in [2.24, 2.45) is 0 Å². The van der Waals surface area contributed by atoms with Crippen LogP contribution < -0.4 is 5.32 Å². The summed E-state index contributed by atoms with van der Waals surface area (Å²) < 4.78 is 5.62. The third-order valence-corrected chi connectivity index (χ3v) is 4.37. The van der Waals surface area contributed by atoms with Crippen LogP contribution in [0.4, 0.5) is 5.69 Å². The number of rotatable bonds is 4. The number of nitrogens with one attached hydrogen (secondary N) is 1. The van der Waals surface area contributed by atoms with Gasteiger partial charge in [-0.1, -0.05) is 6.92 Å². The molecule has 0 fully saturated rings. The Morgan fingerprint density at radius 3 is 2.80 bits per heavy atom. The lowest BCUT2D eigenvalue weighted by Gasteiger charge is -2.05. The highest BCUT2D eigenvalue weighted by atomic mass is 32.1. The first-order valence-electron chi connectivity index (χ1n) is 6.85. The van der Waals surface area contributed by atoms with Gasteiger partial charge in [-0.3, -0.25) is 0 Å². The molecule has 1 aromatic carbocycles. The van der Waals surface area contributed by atoms with Crippen molar-refractivity contribution >= 4 is 28.1 Å². The molecule has 2 aromatic heterocycles. The molecule has 2 heterocycles. The average Bonchev–Trinajstić information content (AvgIpc) is 2.98. The largest absolute Gasteiger partial charge is 0.441 e. The zero-order chi connectivity index (χ0) is 14.1. The monoisotopic (exact) mass is 286 g/mol. The van der Waals surface area contributed by atoms with Crippen LogP contribution in [-0.2, 0) is 13.0 Å². The minimum Gasteiger partial charge on any atom is -0.441 e. The van der Waals surface area contributed by atoms with E-state index in [4.69, 9.17) is 4.42 Å². The lowest BCUT2D eigenvalue weighted by molar-refractivity contribution is 0.538. The molecule has 0 aliphatic rings. The minimum absolute atomic E-state index is 0.793. The first-order valence-corrected chi connectivity index (χ1v) is 7.66. The molecule has 0 saturated heterocycles. The molecular weight excluding hydrogens is 268 g/mol. The van der Waals surface area contributed by atoms with E-state index >= 15 is 0 Å². The number of oxazole rings is 1. The third-order valence-electron chi connectivity index (χ3n) is 3.36. The van der Waals surface area contributed by atoms with Crippen LogP contribution in [0.2, 0.25) is 0 Å². The molecule has 104 valence electrons. The maximum absolute atomic E-state index is 5.62. The van der Waals surface area contributed by atoms with Crippen LogP contribution in [0.3, 0.4) is 0 Å². The molecule has 0 saturated carbocycles. The van der Waals surface area contributed by atoms with Crippen molar-refractivity contribution in [3.05, 3.63) is 45.5 Å². The van der Waals surface area contributed by atoms with Gasteiger partial charge in [-0.05, 0) is 43.7 Å². The van der Waals surface area contributed by atoms with E-state index in [9.17, 15) is 0 Å². The van der Waals surface area contributed by atoms with Crippen LogP contribution in [-0.4, -0.2) is 4.98 Å². The maximum Gasteiger partial charge on any atom is 0.195 e. The zero-order valence-electron chi connectivity index (χ0n) is 12.0. The quantitative estimate of drug-likeness (QED) is 0.756. The van der Waals surface area contributed by atoms with Crippen LogP contribution >= 0.6 is 11.3 Å². The van der Waals surface area contributed by atoms with Gasteiger partial charge in [-0.25, -0.2) is 4.98 Å². The second-order valence-corrected chi connectivity index (χ2v) is 6.40. The Hall–Kier alpha value is -1.81. The Morgan fingerprint density at radius 2 is 2.10 bits per heavy atom. The molecule has 0 aliphatic heterocycles. The van der Waals surface area contributed by atoms with Crippen molar-refractivity contribution in [3.63, 3.8) is 0 Å². The highest BCUT2D eigenvalue weighted by molar-refractivity contribution is 7.12. The number of hydrogen-bond acceptors (Lipinski definition) is 4. The summed E-state index contributed by atoms with van der Waals surface area (Å²) >= 11 is 1.85.